The minimum atomic E-state index is -0.347. The first kappa shape index (κ1) is 20.0. The Kier molecular flexibility index (Phi) is 6.79. The predicted octanol–water partition coefficient (Wildman–Crippen LogP) is 4.98. The fraction of sp³-hybridized carbons (Fsp3) is 0.143. The molecule has 0 bridgehead atoms. The van der Waals surface area contributed by atoms with Crippen molar-refractivity contribution < 1.29 is 14.0 Å². The average molecular weight is 415 g/mol. The Morgan fingerprint density at radius 3 is 2.54 bits per heavy atom. The monoisotopic (exact) mass is 414 g/mol. The Morgan fingerprint density at radius 2 is 1.82 bits per heavy atom. The Bertz CT molecular complexity index is 943. The van der Waals surface area contributed by atoms with Gasteiger partial charge in [-0.25, -0.2) is 0 Å². The van der Waals surface area contributed by atoms with Crippen molar-refractivity contribution in [3.63, 3.8) is 0 Å². The Balaban J connectivity index is 1.63. The quantitative estimate of drug-likeness (QED) is 0.535. The lowest BCUT2D eigenvalue weighted by Crippen LogP contribution is -2.27. The molecule has 0 aliphatic carbocycles. The average Bonchev–Trinajstić information content (AvgIpc) is 3.22. The lowest BCUT2D eigenvalue weighted by Gasteiger charge is -2.14. The maximum atomic E-state index is 12.6. The Morgan fingerprint density at radius 1 is 1.07 bits per heavy atom. The molecule has 0 spiro atoms. The van der Waals surface area contributed by atoms with E-state index in [1.165, 1.54) is 11.8 Å². The zero-order chi connectivity index (χ0) is 19.9. The van der Waals surface area contributed by atoms with Gasteiger partial charge in [0, 0.05) is 9.92 Å². The molecule has 2 N–H and O–H groups in total. The molecule has 0 radical (unpaired) electrons. The van der Waals surface area contributed by atoms with Gasteiger partial charge in [-0.2, -0.15) is 0 Å². The molecule has 0 aliphatic heterocycles. The second-order valence-corrected chi connectivity index (χ2v) is 7.86. The smallest absolute Gasteiger partial charge is 0.253 e. The van der Waals surface area contributed by atoms with E-state index < -0.39 is 0 Å². The van der Waals surface area contributed by atoms with Crippen LogP contribution in [0.3, 0.4) is 0 Å². The molecular formula is C21H19ClN2O3S. The molecule has 0 saturated heterocycles. The van der Waals surface area contributed by atoms with Gasteiger partial charge in [-0.15, -0.1) is 11.8 Å². The lowest BCUT2D eigenvalue weighted by molar-refractivity contribution is -0.115. The van der Waals surface area contributed by atoms with Crippen LogP contribution in [0.15, 0.2) is 76.2 Å². The second kappa shape index (κ2) is 9.48. The highest BCUT2D eigenvalue weighted by Gasteiger charge is 2.18. The maximum Gasteiger partial charge on any atom is 0.253 e. The van der Waals surface area contributed by atoms with Gasteiger partial charge in [-0.3, -0.25) is 9.59 Å². The summed E-state index contributed by atoms with van der Waals surface area (Å²) in [5, 5.41) is 5.94. The second-order valence-electron chi connectivity index (χ2n) is 6.01. The van der Waals surface area contributed by atoms with Crippen LogP contribution in [0.1, 0.15) is 23.0 Å². The third-order valence-electron chi connectivity index (χ3n) is 3.93. The Labute approximate surface area is 172 Å². The molecule has 7 heteroatoms. The van der Waals surface area contributed by atoms with Gasteiger partial charge in [-0.1, -0.05) is 23.7 Å². The van der Waals surface area contributed by atoms with Gasteiger partial charge < -0.3 is 15.1 Å². The fourth-order valence-corrected chi connectivity index (χ4v) is 3.46. The molecule has 1 heterocycles. The van der Waals surface area contributed by atoms with E-state index in [-0.39, 0.29) is 23.6 Å². The number of rotatable bonds is 7. The van der Waals surface area contributed by atoms with Crippen LogP contribution in [0.5, 0.6) is 0 Å². The summed E-state index contributed by atoms with van der Waals surface area (Å²) in [6.07, 6.45) is 1.55. The summed E-state index contributed by atoms with van der Waals surface area (Å²) < 4.78 is 5.21. The number of halogens is 1. The molecule has 0 aliphatic rings. The number of amides is 2. The van der Waals surface area contributed by atoms with Crippen molar-refractivity contribution in [3.8, 4) is 0 Å². The molecule has 144 valence electrons. The molecule has 28 heavy (non-hydrogen) atoms. The molecular weight excluding hydrogens is 396 g/mol. The third kappa shape index (κ3) is 5.41. The zero-order valence-electron chi connectivity index (χ0n) is 15.1. The summed E-state index contributed by atoms with van der Waals surface area (Å²) in [4.78, 5) is 26.1. The standard InChI is InChI=1S/C21H19ClN2O3S/c1-14(28-17-10-8-15(22)9-11-17)20(25)24-19-7-3-2-6-18(19)21(26)23-13-16-5-4-12-27-16/h2-12,14H,13H2,1H3,(H,23,26)(H,24,25)/t14-/m0/s1. The SMILES string of the molecule is C[C@H](Sc1ccc(Cl)cc1)C(=O)Nc1ccccc1C(=O)NCc1ccco1. The minimum Gasteiger partial charge on any atom is -0.467 e. The van der Waals surface area contributed by atoms with Crippen LogP contribution >= 0.6 is 23.4 Å². The van der Waals surface area contributed by atoms with Crippen LogP contribution < -0.4 is 10.6 Å². The lowest BCUT2D eigenvalue weighted by atomic mass is 10.1. The molecule has 0 fully saturated rings. The summed E-state index contributed by atoms with van der Waals surface area (Å²) in [6.45, 7) is 2.09. The van der Waals surface area contributed by atoms with E-state index in [0.717, 1.165) is 4.90 Å². The molecule has 0 saturated carbocycles. The van der Waals surface area contributed by atoms with Gasteiger partial charge in [0.2, 0.25) is 5.91 Å². The van der Waals surface area contributed by atoms with Crippen LogP contribution in [-0.2, 0) is 11.3 Å². The molecule has 2 aromatic carbocycles. The van der Waals surface area contributed by atoms with Crippen molar-refractivity contribution >= 4 is 40.9 Å². The fourth-order valence-electron chi connectivity index (χ4n) is 2.47. The van der Waals surface area contributed by atoms with Crippen molar-refractivity contribution in [2.75, 3.05) is 5.32 Å². The van der Waals surface area contributed by atoms with Gasteiger partial charge >= 0.3 is 0 Å². The highest BCUT2D eigenvalue weighted by Crippen LogP contribution is 2.26. The first-order valence-electron chi connectivity index (χ1n) is 8.65. The van der Waals surface area contributed by atoms with Crippen molar-refractivity contribution in [3.05, 3.63) is 83.3 Å². The van der Waals surface area contributed by atoms with Crippen LogP contribution in [0.4, 0.5) is 5.69 Å². The maximum absolute atomic E-state index is 12.6. The van der Waals surface area contributed by atoms with E-state index in [1.807, 2.05) is 19.1 Å². The molecule has 5 nitrogen and oxygen atoms in total. The molecule has 1 atom stereocenters. The molecule has 3 rings (SSSR count). The zero-order valence-corrected chi connectivity index (χ0v) is 16.7. The van der Waals surface area contributed by atoms with Gasteiger partial charge in [0.15, 0.2) is 0 Å². The van der Waals surface area contributed by atoms with Gasteiger partial charge in [0.25, 0.3) is 5.91 Å². The molecule has 2 amide bonds. The van der Waals surface area contributed by atoms with E-state index >= 15 is 0 Å². The number of hydrogen-bond acceptors (Lipinski definition) is 4. The number of furan rings is 1. The van der Waals surface area contributed by atoms with Gasteiger partial charge in [0.1, 0.15) is 5.76 Å². The molecule has 3 aromatic rings. The van der Waals surface area contributed by atoms with E-state index in [9.17, 15) is 9.59 Å². The van der Waals surface area contributed by atoms with E-state index in [1.54, 1.807) is 54.8 Å². The first-order valence-corrected chi connectivity index (χ1v) is 9.91. The third-order valence-corrected chi connectivity index (χ3v) is 5.29. The number of carbonyl (C=O) groups is 2. The topological polar surface area (TPSA) is 71.3 Å². The highest BCUT2D eigenvalue weighted by atomic mass is 35.5. The van der Waals surface area contributed by atoms with Gasteiger partial charge in [0.05, 0.1) is 29.3 Å². The summed E-state index contributed by atoms with van der Waals surface area (Å²) in [7, 11) is 0. The number of nitrogens with one attached hydrogen (secondary N) is 2. The normalized spacial score (nSPS) is 11.6. The number of benzene rings is 2. The first-order chi connectivity index (χ1) is 13.5. The molecule has 0 unspecified atom stereocenters. The van der Waals surface area contributed by atoms with Gasteiger partial charge in [-0.05, 0) is 55.5 Å². The predicted molar refractivity (Wildman–Crippen MR) is 112 cm³/mol. The van der Waals surface area contributed by atoms with Crippen LogP contribution in [0.25, 0.3) is 0 Å². The minimum absolute atomic E-state index is 0.189. The highest BCUT2D eigenvalue weighted by molar-refractivity contribution is 8.00. The number of hydrogen-bond donors (Lipinski definition) is 2. The van der Waals surface area contributed by atoms with Crippen LogP contribution in [-0.4, -0.2) is 17.1 Å². The summed E-state index contributed by atoms with van der Waals surface area (Å²) >= 11 is 7.31. The van der Waals surface area contributed by atoms with E-state index in [4.69, 9.17) is 16.0 Å². The van der Waals surface area contributed by atoms with Crippen molar-refractivity contribution in [1.29, 1.82) is 0 Å². The molecule has 1 aromatic heterocycles. The summed E-state index contributed by atoms with van der Waals surface area (Å²) in [6, 6.07) is 17.8. The number of carbonyl (C=O) groups excluding carboxylic acids is 2. The van der Waals surface area contributed by atoms with Crippen molar-refractivity contribution in [2.45, 2.75) is 23.6 Å². The van der Waals surface area contributed by atoms with E-state index in [0.29, 0.717) is 22.0 Å². The Hall–Kier alpha value is -2.70. The van der Waals surface area contributed by atoms with E-state index in [2.05, 4.69) is 10.6 Å². The van der Waals surface area contributed by atoms with Crippen LogP contribution in [0.2, 0.25) is 5.02 Å². The largest absolute Gasteiger partial charge is 0.467 e. The summed E-state index contributed by atoms with van der Waals surface area (Å²) in [5.74, 6) is 0.180. The summed E-state index contributed by atoms with van der Waals surface area (Å²) in [5.41, 5.74) is 0.860. The number of anilines is 1. The number of para-hydroxylation sites is 1. The van der Waals surface area contributed by atoms with Crippen molar-refractivity contribution in [1.82, 2.24) is 5.32 Å². The van der Waals surface area contributed by atoms with Crippen molar-refractivity contribution in [2.24, 2.45) is 0 Å². The van der Waals surface area contributed by atoms with Crippen LogP contribution in [0, 0.1) is 0 Å². The number of thioether (sulfide) groups is 1.